The van der Waals surface area contributed by atoms with Crippen LogP contribution in [0.2, 0.25) is 0 Å². The van der Waals surface area contributed by atoms with Crippen LogP contribution in [0.15, 0.2) is 42.5 Å². The molecule has 0 fully saturated rings. The molecule has 0 atom stereocenters. The summed E-state index contributed by atoms with van der Waals surface area (Å²) in [5.74, 6) is -1.18. The summed E-state index contributed by atoms with van der Waals surface area (Å²) in [5, 5.41) is 13.8. The van der Waals surface area contributed by atoms with Gasteiger partial charge in [-0.05, 0) is 53.0 Å². The van der Waals surface area contributed by atoms with E-state index in [1.165, 1.54) is 22.7 Å². The molecule has 10 heteroatoms. The number of nitrogens with one attached hydrogen (secondary N) is 1. The molecule has 34 heavy (non-hydrogen) atoms. The lowest BCUT2D eigenvalue weighted by atomic mass is 9.94. The molecule has 0 aliphatic carbocycles. The van der Waals surface area contributed by atoms with E-state index in [0.29, 0.717) is 28.8 Å². The first kappa shape index (κ1) is 23.2. The van der Waals surface area contributed by atoms with Crippen LogP contribution < -0.4 is 10.2 Å². The van der Waals surface area contributed by atoms with Gasteiger partial charge in [0.2, 0.25) is 0 Å². The predicted molar refractivity (Wildman–Crippen MR) is 145 cm³/mol. The monoisotopic (exact) mass is 604 g/mol. The van der Waals surface area contributed by atoms with Crippen LogP contribution in [0, 0.1) is 0 Å². The molecular formula is C24H21IN4O3S2. The largest absolute Gasteiger partial charge is 0.476 e. The average Bonchev–Trinajstić information content (AvgIpc) is 3.45. The van der Waals surface area contributed by atoms with Crippen LogP contribution in [0.4, 0.5) is 10.3 Å². The highest BCUT2D eigenvalue weighted by atomic mass is 127. The number of benzene rings is 2. The third-order valence-corrected chi connectivity index (χ3v) is 8.62. The number of aromatic carboxylic acids is 1. The van der Waals surface area contributed by atoms with Gasteiger partial charge >= 0.3 is 5.97 Å². The summed E-state index contributed by atoms with van der Waals surface area (Å²) >= 11 is 5.20. The summed E-state index contributed by atoms with van der Waals surface area (Å²) in [6.45, 7) is 1.24. The Balaban J connectivity index is 1.40. The van der Waals surface area contributed by atoms with E-state index in [1.807, 2.05) is 36.4 Å². The lowest BCUT2D eigenvalue weighted by molar-refractivity contribution is 0.0690. The Bertz CT molecular complexity index is 1350. The molecule has 0 spiro atoms. The van der Waals surface area contributed by atoms with E-state index in [4.69, 9.17) is 0 Å². The van der Waals surface area contributed by atoms with Gasteiger partial charge in [0.15, 0.2) is 16.0 Å². The molecule has 2 aromatic carbocycles. The van der Waals surface area contributed by atoms with Crippen LogP contribution in [0.5, 0.6) is 0 Å². The zero-order valence-corrected chi connectivity index (χ0v) is 21.9. The average molecular weight is 604 g/mol. The first-order valence-electron chi connectivity index (χ1n) is 10.8. The number of carbonyl (C=O) groups excluding carboxylic acids is 1. The van der Waals surface area contributed by atoms with E-state index in [1.54, 1.807) is 0 Å². The third-order valence-electron chi connectivity index (χ3n) is 5.73. The van der Waals surface area contributed by atoms with E-state index >= 15 is 0 Å². The van der Waals surface area contributed by atoms with Crippen molar-refractivity contribution in [3.63, 3.8) is 0 Å². The van der Waals surface area contributed by atoms with Crippen molar-refractivity contribution in [2.24, 2.45) is 0 Å². The fourth-order valence-corrected chi connectivity index (χ4v) is 6.45. The molecule has 3 heterocycles. The molecule has 7 nitrogen and oxygen atoms in total. The number of amides is 1. The van der Waals surface area contributed by atoms with E-state index in [-0.39, 0.29) is 11.6 Å². The van der Waals surface area contributed by atoms with Gasteiger partial charge in [0.1, 0.15) is 0 Å². The van der Waals surface area contributed by atoms with Crippen LogP contribution in [0.3, 0.4) is 0 Å². The number of carboxylic acids is 1. The molecule has 0 radical (unpaired) electrons. The highest BCUT2D eigenvalue weighted by molar-refractivity contribution is 14.1. The normalized spacial score (nSPS) is 13.1. The molecule has 4 aromatic rings. The Hall–Kier alpha value is -2.57. The standard InChI is InChI=1S/C24H21IN4O3S2/c25-11-4-9-19-20(22(31)32)27-24(34-19)29-12-10-14-5-3-6-15(16(14)13-29)21(30)28-23-26-17-7-1-2-8-18(17)33-23/h1-3,5-8H,4,9-13H2,(H,31,32)(H,26,28,30). The molecule has 0 saturated carbocycles. The first-order valence-corrected chi connectivity index (χ1v) is 14.0. The number of aromatic nitrogens is 2. The zero-order valence-electron chi connectivity index (χ0n) is 18.1. The number of thiazole rings is 2. The smallest absolute Gasteiger partial charge is 0.355 e. The van der Waals surface area contributed by atoms with Gasteiger partial charge in [-0.15, -0.1) is 11.3 Å². The van der Waals surface area contributed by atoms with Crippen molar-refractivity contribution in [3.8, 4) is 0 Å². The predicted octanol–water partition coefficient (Wildman–Crippen LogP) is 5.63. The van der Waals surface area contributed by atoms with Gasteiger partial charge in [-0.2, -0.15) is 0 Å². The van der Waals surface area contributed by atoms with E-state index in [0.717, 1.165) is 50.0 Å². The van der Waals surface area contributed by atoms with Gasteiger partial charge in [0, 0.05) is 23.5 Å². The van der Waals surface area contributed by atoms with Crippen molar-refractivity contribution < 1.29 is 14.7 Å². The number of alkyl halides is 1. The van der Waals surface area contributed by atoms with Crippen molar-refractivity contribution >= 4 is 77.6 Å². The van der Waals surface area contributed by atoms with Crippen LogP contribution >= 0.6 is 45.3 Å². The number of aryl methyl sites for hydroxylation is 1. The second-order valence-corrected chi connectivity index (χ2v) is 11.1. The summed E-state index contributed by atoms with van der Waals surface area (Å²) in [5.41, 5.74) is 3.71. The SMILES string of the molecule is O=C(Nc1nc2ccccc2s1)c1cccc2c1CN(c1nc(C(=O)O)c(CCCI)s1)CC2. The number of carbonyl (C=O) groups is 2. The molecule has 1 aliphatic rings. The number of halogens is 1. The second-order valence-electron chi connectivity index (χ2n) is 7.92. The Kier molecular flexibility index (Phi) is 6.79. The molecule has 0 saturated heterocycles. The Labute approximate surface area is 218 Å². The molecule has 0 bridgehead atoms. The maximum Gasteiger partial charge on any atom is 0.355 e. The number of fused-ring (bicyclic) bond motifs is 2. The number of hydrogen-bond donors (Lipinski definition) is 2. The second kappa shape index (κ2) is 9.96. The number of anilines is 2. The number of para-hydroxylation sites is 1. The highest BCUT2D eigenvalue weighted by Gasteiger charge is 2.26. The summed E-state index contributed by atoms with van der Waals surface area (Å²) < 4.78 is 1.99. The lowest BCUT2D eigenvalue weighted by Crippen LogP contribution is -2.32. The van der Waals surface area contributed by atoms with Crippen molar-refractivity contribution in [1.82, 2.24) is 9.97 Å². The van der Waals surface area contributed by atoms with E-state index in [9.17, 15) is 14.7 Å². The van der Waals surface area contributed by atoms with Crippen molar-refractivity contribution in [1.29, 1.82) is 0 Å². The number of carboxylic acid groups (broad SMARTS) is 1. The Morgan fingerprint density at radius 2 is 1.97 bits per heavy atom. The fraction of sp³-hybridized carbons (Fsp3) is 0.250. The molecule has 2 N–H and O–H groups in total. The van der Waals surface area contributed by atoms with Crippen molar-refractivity contribution in [3.05, 3.63) is 69.7 Å². The summed E-state index contributed by atoms with van der Waals surface area (Å²) in [7, 11) is 0. The van der Waals surface area contributed by atoms with Crippen LogP contribution in [0.1, 0.15) is 43.3 Å². The van der Waals surface area contributed by atoms with Crippen LogP contribution in [-0.2, 0) is 19.4 Å². The number of hydrogen-bond acceptors (Lipinski definition) is 7. The molecule has 0 unspecified atom stereocenters. The lowest BCUT2D eigenvalue weighted by Gasteiger charge is -2.29. The van der Waals surface area contributed by atoms with Crippen molar-refractivity contribution in [2.75, 3.05) is 21.2 Å². The Morgan fingerprint density at radius 3 is 2.76 bits per heavy atom. The molecule has 174 valence electrons. The molecular weight excluding hydrogens is 583 g/mol. The van der Waals surface area contributed by atoms with Crippen LogP contribution in [-0.4, -0.2) is 37.9 Å². The minimum atomic E-state index is -0.987. The molecule has 5 rings (SSSR count). The van der Waals surface area contributed by atoms with Gasteiger partial charge in [0.25, 0.3) is 5.91 Å². The van der Waals surface area contributed by atoms with E-state index in [2.05, 4.69) is 48.8 Å². The zero-order chi connectivity index (χ0) is 23.7. The minimum Gasteiger partial charge on any atom is -0.476 e. The summed E-state index contributed by atoms with van der Waals surface area (Å²) in [4.78, 5) is 36.8. The molecule has 1 amide bonds. The Morgan fingerprint density at radius 1 is 1.12 bits per heavy atom. The third kappa shape index (κ3) is 4.66. The quantitative estimate of drug-likeness (QED) is 0.210. The maximum atomic E-state index is 13.2. The van der Waals surface area contributed by atoms with Gasteiger partial charge < -0.3 is 10.0 Å². The van der Waals surface area contributed by atoms with Gasteiger partial charge in [-0.25, -0.2) is 14.8 Å². The number of nitrogens with zero attached hydrogens (tertiary/aromatic N) is 3. The minimum absolute atomic E-state index is 0.150. The fourth-order valence-electron chi connectivity index (χ4n) is 4.09. The van der Waals surface area contributed by atoms with Gasteiger partial charge in [-0.3, -0.25) is 10.1 Å². The van der Waals surface area contributed by atoms with Crippen molar-refractivity contribution in [2.45, 2.75) is 25.8 Å². The topological polar surface area (TPSA) is 95.4 Å². The molecule has 2 aromatic heterocycles. The first-order chi connectivity index (χ1) is 16.5. The summed E-state index contributed by atoms with van der Waals surface area (Å²) in [6.07, 6.45) is 2.40. The van der Waals surface area contributed by atoms with Gasteiger partial charge in [0.05, 0.1) is 10.2 Å². The number of rotatable bonds is 7. The van der Waals surface area contributed by atoms with Gasteiger partial charge in [-0.1, -0.05) is 58.2 Å². The highest BCUT2D eigenvalue weighted by Crippen LogP contribution is 2.33. The maximum absolute atomic E-state index is 13.2. The van der Waals surface area contributed by atoms with E-state index < -0.39 is 5.97 Å². The molecule has 1 aliphatic heterocycles. The van der Waals surface area contributed by atoms with Crippen LogP contribution in [0.25, 0.3) is 10.2 Å². The summed E-state index contributed by atoms with van der Waals surface area (Å²) in [6, 6.07) is 13.6.